The minimum Gasteiger partial charge on any atom is -0.369 e. The van der Waals surface area contributed by atoms with E-state index in [2.05, 4.69) is 22.3 Å². The van der Waals surface area contributed by atoms with Gasteiger partial charge in [0.05, 0.1) is 11.1 Å². The minimum absolute atomic E-state index is 0.0305. The molecule has 3 aromatic rings. The molecule has 0 saturated carbocycles. The van der Waals surface area contributed by atoms with Gasteiger partial charge >= 0.3 is 0 Å². The molecule has 170 valence electrons. The Labute approximate surface area is 194 Å². The zero-order chi connectivity index (χ0) is 22.8. The molecule has 3 N–H and O–H groups in total. The fourth-order valence-corrected chi connectivity index (χ4v) is 5.15. The van der Waals surface area contributed by atoms with Crippen LogP contribution in [0.5, 0.6) is 0 Å². The highest BCUT2D eigenvalue weighted by molar-refractivity contribution is 6.13. The van der Waals surface area contributed by atoms with Crippen molar-refractivity contribution >= 4 is 28.4 Å². The molecule has 2 heterocycles. The van der Waals surface area contributed by atoms with Gasteiger partial charge in [-0.3, -0.25) is 14.6 Å². The van der Waals surface area contributed by atoms with Crippen LogP contribution in [0.2, 0.25) is 0 Å². The van der Waals surface area contributed by atoms with Gasteiger partial charge in [-0.15, -0.1) is 0 Å². The molecule has 6 nitrogen and oxygen atoms in total. The number of likely N-dealkylation sites (tertiary alicyclic amines) is 1. The van der Waals surface area contributed by atoms with Gasteiger partial charge in [-0.1, -0.05) is 30.3 Å². The van der Waals surface area contributed by atoms with E-state index >= 15 is 0 Å². The molecule has 2 amide bonds. The van der Waals surface area contributed by atoms with Crippen molar-refractivity contribution in [3.8, 4) is 0 Å². The number of hydrogen-bond donors (Lipinski definition) is 2. The van der Waals surface area contributed by atoms with E-state index in [0.29, 0.717) is 0 Å². The molecule has 0 atom stereocenters. The molecule has 2 aromatic carbocycles. The smallest absolute Gasteiger partial charge is 0.256 e. The molecular weight excluding hydrogens is 412 g/mol. The molecule has 1 aromatic heterocycles. The summed E-state index contributed by atoms with van der Waals surface area (Å²) in [5, 5.41) is 4.03. The Morgan fingerprint density at radius 1 is 1.03 bits per heavy atom. The molecule has 0 unspecified atom stereocenters. The number of benzene rings is 2. The fourth-order valence-electron chi connectivity index (χ4n) is 5.15. The number of primary amides is 1. The number of piperidine rings is 1. The lowest BCUT2D eigenvalue weighted by atomic mass is 9.96. The van der Waals surface area contributed by atoms with Gasteiger partial charge in [-0.2, -0.15) is 0 Å². The molecule has 5 rings (SSSR count). The normalized spacial score (nSPS) is 16.6. The fraction of sp³-hybridized carbons (Fsp3) is 0.370. The Hall–Kier alpha value is -3.25. The lowest BCUT2D eigenvalue weighted by Crippen LogP contribution is -2.39. The highest BCUT2D eigenvalue weighted by Crippen LogP contribution is 2.30. The largest absolute Gasteiger partial charge is 0.369 e. The van der Waals surface area contributed by atoms with Gasteiger partial charge in [0.1, 0.15) is 0 Å². The van der Waals surface area contributed by atoms with Crippen LogP contribution < -0.4 is 11.1 Å². The lowest BCUT2D eigenvalue weighted by Gasteiger charge is -2.30. The molecule has 1 fully saturated rings. The van der Waals surface area contributed by atoms with E-state index in [1.54, 1.807) is 0 Å². The summed E-state index contributed by atoms with van der Waals surface area (Å²) in [4.78, 5) is 31.8. The number of para-hydroxylation sites is 1. The van der Waals surface area contributed by atoms with Crippen LogP contribution in [0.25, 0.3) is 10.9 Å². The number of fused-ring (bicyclic) bond motifs is 2. The number of pyridine rings is 1. The third kappa shape index (κ3) is 4.62. The maximum absolute atomic E-state index is 13.3. The first-order valence-corrected chi connectivity index (χ1v) is 11.9. The SMILES string of the molecule is NC(=O)C1CCN(CCc2ccc(NC(=O)c3c4c(nc5ccccc35)CCC4)cc2)CC1. The molecule has 6 heteroatoms. The van der Waals surface area contributed by atoms with Crippen LogP contribution >= 0.6 is 0 Å². The van der Waals surface area contributed by atoms with Gasteiger partial charge in [0.2, 0.25) is 5.91 Å². The second-order valence-corrected chi connectivity index (χ2v) is 9.20. The summed E-state index contributed by atoms with van der Waals surface area (Å²) >= 11 is 0. The van der Waals surface area contributed by atoms with E-state index in [1.165, 1.54) is 5.56 Å². The van der Waals surface area contributed by atoms with Crippen LogP contribution in [0.15, 0.2) is 48.5 Å². The zero-order valence-electron chi connectivity index (χ0n) is 18.8. The van der Waals surface area contributed by atoms with Gasteiger partial charge in [0.25, 0.3) is 5.91 Å². The quantitative estimate of drug-likeness (QED) is 0.609. The van der Waals surface area contributed by atoms with Crippen molar-refractivity contribution in [3.63, 3.8) is 0 Å². The van der Waals surface area contributed by atoms with Gasteiger partial charge in [0.15, 0.2) is 0 Å². The van der Waals surface area contributed by atoms with Crippen molar-refractivity contribution in [2.75, 3.05) is 25.0 Å². The molecule has 0 spiro atoms. The Bertz CT molecular complexity index is 1180. The van der Waals surface area contributed by atoms with E-state index in [0.717, 1.165) is 91.6 Å². The molecule has 2 aliphatic rings. The van der Waals surface area contributed by atoms with Crippen molar-refractivity contribution in [2.24, 2.45) is 11.7 Å². The van der Waals surface area contributed by atoms with Gasteiger partial charge < -0.3 is 16.0 Å². The summed E-state index contributed by atoms with van der Waals surface area (Å²) in [5.41, 5.74) is 11.3. The molecule has 1 aliphatic carbocycles. The first kappa shape index (κ1) is 21.6. The number of rotatable bonds is 6. The maximum atomic E-state index is 13.3. The summed E-state index contributed by atoms with van der Waals surface area (Å²) in [5.74, 6) is -0.197. The van der Waals surface area contributed by atoms with Crippen molar-refractivity contribution in [3.05, 3.63) is 70.9 Å². The third-order valence-electron chi connectivity index (χ3n) is 7.06. The molecule has 0 bridgehead atoms. The Balaban J connectivity index is 1.23. The number of anilines is 1. The number of carbonyl (C=O) groups is 2. The number of hydrogen-bond acceptors (Lipinski definition) is 4. The first-order valence-electron chi connectivity index (χ1n) is 11.9. The second kappa shape index (κ2) is 9.32. The van der Waals surface area contributed by atoms with Crippen LogP contribution in [-0.4, -0.2) is 41.3 Å². The standard InChI is InChI=1S/C27H30N4O2/c28-26(32)19-13-16-31(17-14-19)15-12-18-8-10-20(11-9-18)29-27(33)25-21-4-1-2-6-23(21)30-24-7-3-5-22(24)25/h1-2,4,6,8-11,19H,3,5,7,12-17H2,(H2,28,32)(H,29,33). The average molecular weight is 443 g/mol. The summed E-state index contributed by atoms with van der Waals surface area (Å²) in [7, 11) is 0. The van der Waals surface area contributed by atoms with Crippen LogP contribution in [0.1, 0.15) is 46.4 Å². The summed E-state index contributed by atoms with van der Waals surface area (Å²) in [6.45, 7) is 2.81. The van der Waals surface area contributed by atoms with Crippen molar-refractivity contribution in [1.82, 2.24) is 9.88 Å². The predicted molar refractivity (Wildman–Crippen MR) is 130 cm³/mol. The maximum Gasteiger partial charge on any atom is 0.256 e. The molecule has 1 aliphatic heterocycles. The number of aromatic nitrogens is 1. The van der Waals surface area contributed by atoms with Crippen molar-refractivity contribution in [2.45, 2.75) is 38.5 Å². The zero-order valence-corrected chi connectivity index (χ0v) is 18.8. The number of carbonyl (C=O) groups excluding carboxylic acids is 2. The van der Waals surface area contributed by atoms with Crippen LogP contribution in [0.3, 0.4) is 0 Å². The lowest BCUT2D eigenvalue weighted by molar-refractivity contribution is -0.123. The van der Waals surface area contributed by atoms with Crippen molar-refractivity contribution < 1.29 is 9.59 Å². The van der Waals surface area contributed by atoms with Gasteiger partial charge in [-0.25, -0.2) is 0 Å². The first-order chi connectivity index (χ1) is 16.1. The number of nitrogens with two attached hydrogens (primary N) is 1. The van der Waals surface area contributed by atoms with Gasteiger partial charge in [-0.05, 0) is 80.9 Å². The number of amides is 2. The summed E-state index contributed by atoms with van der Waals surface area (Å²) in [6.07, 6.45) is 5.55. The number of nitrogens with one attached hydrogen (secondary N) is 1. The van der Waals surface area contributed by atoms with E-state index in [1.807, 2.05) is 36.4 Å². The molecule has 0 radical (unpaired) electrons. The van der Waals surface area contributed by atoms with Gasteiger partial charge in [0, 0.05) is 29.2 Å². The molecule has 33 heavy (non-hydrogen) atoms. The predicted octanol–water partition coefficient (Wildman–Crippen LogP) is 3.72. The summed E-state index contributed by atoms with van der Waals surface area (Å²) in [6, 6.07) is 16.0. The molecular formula is C27H30N4O2. The van der Waals surface area contributed by atoms with E-state index in [9.17, 15) is 9.59 Å². The topological polar surface area (TPSA) is 88.3 Å². The Morgan fingerprint density at radius 2 is 1.79 bits per heavy atom. The number of nitrogens with zero attached hydrogens (tertiary/aromatic N) is 2. The second-order valence-electron chi connectivity index (χ2n) is 9.20. The summed E-state index contributed by atoms with van der Waals surface area (Å²) < 4.78 is 0. The van der Waals surface area contributed by atoms with Crippen LogP contribution in [-0.2, 0) is 24.1 Å². The minimum atomic E-state index is -0.169. The van der Waals surface area contributed by atoms with E-state index in [-0.39, 0.29) is 17.7 Å². The average Bonchev–Trinajstić information content (AvgIpc) is 3.30. The Kier molecular flexibility index (Phi) is 6.09. The highest BCUT2D eigenvalue weighted by Gasteiger charge is 2.24. The monoisotopic (exact) mass is 442 g/mol. The highest BCUT2D eigenvalue weighted by atomic mass is 16.2. The van der Waals surface area contributed by atoms with Crippen molar-refractivity contribution in [1.29, 1.82) is 0 Å². The number of aryl methyl sites for hydroxylation is 1. The molecule has 1 saturated heterocycles. The van der Waals surface area contributed by atoms with E-state index < -0.39 is 0 Å². The Morgan fingerprint density at radius 3 is 2.55 bits per heavy atom. The van der Waals surface area contributed by atoms with Crippen LogP contribution in [0.4, 0.5) is 5.69 Å². The third-order valence-corrected chi connectivity index (χ3v) is 7.06. The van der Waals surface area contributed by atoms with Crippen LogP contribution in [0, 0.1) is 5.92 Å². The van der Waals surface area contributed by atoms with E-state index in [4.69, 9.17) is 10.7 Å².